The van der Waals surface area contributed by atoms with Crippen molar-refractivity contribution < 1.29 is 0 Å². The van der Waals surface area contributed by atoms with Gasteiger partial charge in [-0.2, -0.15) is 0 Å². The Kier molecular flexibility index (Phi) is 9.20. The molecule has 0 aliphatic carbocycles. The number of rotatable bonds is 8. The van der Waals surface area contributed by atoms with Gasteiger partial charge in [0.15, 0.2) is 0 Å². The van der Waals surface area contributed by atoms with Gasteiger partial charge >= 0.3 is 0 Å². The van der Waals surface area contributed by atoms with Gasteiger partial charge in [-0.05, 0) is 103 Å². The standard InChI is InChI=1S/C62H42N2/c1-5-20-43(21-6-1)50-28-15-17-34-58(50)63(48-38-36-44(37-39-48)51-32-19-33-56-54-30-16-18-35-59(54)64(62(51)56)47-26-11-4-12-27-47)49-40-41-53-52-29-13-14-31-55(52)60(45-22-7-2-8-23-45)61(57(53)42-49)46-24-9-3-10-25-46/h1-42H. The van der Waals surface area contributed by atoms with Crippen molar-refractivity contribution in [3.8, 4) is 50.2 Å². The third kappa shape index (κ3) is 6.27. The highest BCUT2D eigenvalue weighted by Gasteiger charge is 2.23. The Morgan fingerprint density at radius 2 is 0.766 bits per heavy atom. The summed E-state index contributed by atoms with van der Waals surface area (Å²) in [6.45, 7) is 0. The summed E-state index contributed by atoms with van der Waals surface area (Å²) in [5, 5.41) is 7.42. The van der Waals surface area contributed by atoms with Crippen LogP contribution in [0.3, 0.4) is 0 Å². The van der Waals surface area contributed by atoms with Crippen molar-refractivity contribution in [2.45, 2.75) is 0 Å². The number of benzene rings is 11. The molecule has 2 heteroatoms. The molecule has 0 atom stereocenters. The Labute approximate surface area is 373 Å². The highest BCUT2D eigenvalue weighted by Crippen LogP contribution is 2.48. The van der Waals surface area contributed by atoms with Gasteiger partial charge in [-0.15, -0.1) is 0 Å². The summed E-state index contributed by atoms with van der Waals surface area (Å²) in [6, 6.07) is 92.7. The van der Waals surface area contributed by atoms with Crippen molar-refractivity contribution in [3.63, 3.8) is 0 Å². The van der Waals surface area contributed by atoms with Crippen molar-refractivity contribution in [2.24, 2.45) is 0 Å². The predicted octanol–water partition coefficient (Wildman–Crippen LogP) is 17.2. The fraction of sp³-hybridized carbons (Fsp3) is 0. The van der Waals surface area contributed by atoms with Gasteiger partial charge in [0.05, 0.1) is 16.7 Å². The molecule has 12 rings (SSSR count). The number of fused-ring (bicyclic) bond motifs is 6. The van der Waals surface area contributed by atoms with Crippen molar-refractivity contribution in [1.82, 2.24) is 4.57 Å². The van der Waals surface area contributed by atoms with Crippen LogP contribution in [0, 0.1) is 0 Å². The number of nitrogens with zero attached hydrogens (tertiary/aromatic N) is 2. The van der Waals surface area contributed by atoms with Gasteiger partial charge in [-0.25, -0.2) is 0 Å². The summed E-state index contributed by atoms with van der Waals surface area (Å²) < 4.78 is 2.42. The average molecular weight is 815 g/mol. The number of para-hydroxylation sites is 4. The summed E-state index contributed by atoms with van der Waals surface area (Å²) in [5.74, 6) is 0. The van der Waals surface area contributed by atoms with E-state index in [4.69, 9.17) is 0 Å². The SMILES string of the molecule is c1ccc(-c2ccccc2N(c2ccc(-c3cccc4c5ccccc5n(-c5ccccc5)c34)cc2)c2ccc3c(c2)c(-c2ccccc2)c(-c2ccccc2)c2ccccc23)cc1. The molecule has 0 fully saturated rings. The Morgan fingerprint density at radius 3 is 1.47 bits per heavy atom. The van der Waals surface area contributed by atoms with Crippen LogP contribution in [0.15, 0.2) is 255 Å². The van der Waals surface area contributed by atoms with E-state index in [0.717, 1.165) is 33.9 Å². The molecule has 12 aromatic rings. The predicted molar refractivity (Wildman–Crippen MR) is 272 cm³/mol. The molecule has 0 amide bonds. The maximum atomic E-state index is 2.44. The van der Waals surface area contributed by atoms with E-state index >= 15 is 0 Å². The first kappa shape index (κ1) is 37.3. The molecule has 11 aromatic carbocycles. The summed E-state index contributed by atoms with van der Waals surface area (Å²) in [4.78, 5) is 2.44. The molecule has 0 aliphatic rings. The second-order valence-corrected chi connectivity index (χ2v) is 16.4. The second-order valence-electron chi connectivity index (χ2n) is 16.4. The van der Waals surface area contributed by atoms with Crippen LogP contribution in [0.4, 0.5) is 17.1 Å². The van der Waals surface area contributed by atoms with Gasteiger partial charge in [-0.3, -0.25) is 0 Å². The smallest absolute Gasteiger partial charge is 0.0619 e. The Balaban J connectivity index is 1.10. The molecular formula is C62H42N2. The third-order valence-corrected chi connectivity index (χ3v) is 12.8. The van der Waals surface area contributed by atoms with Crippen LogP contribution in [0.1, 0.15) is 0 Å². The summed E-state index contributed by atoms with van der Waals surface area (Å²) in [5.41, 5.74) is 16.4. The topological polar surface area (TPSA) is 8.17 Å². The lowest BCUT2D eigenvalue weighted by Gasteiger charge is -2.29. The van der Waals surface area contributed by atoms with Gasteiger partial charge in [0, 0.05) is 39.0 Å². The van der Waals surface area contributed by atoms with E-state index in [9.17, 15) is 0 Å². The van der Waals surface area contributed by atoms with Crippen LogP contribution in [0.5, 0.6) is 0 Å². The average Bonchev–Trinajstić information content (AvgIpc) is 3.72. The lowest BCUT2D eigenvalue weighted by molar-refractivity contribution is 1.18. The second kappa shape index (κ2) is 15.8. The zero-order chi connectivity index (χ0) is 42.4. The summed E-state index contributed by atoms with van der Waals surface area (Å²) >= 11 is 0. The normalized spacial score (nSPS) is 11.4. The largest absolute Gasteiger partial charge is 0.310 e. The molecule has 0 radical (unpaired) electrons. The van der Waals surface area contributed by atoms with Crippen LogP contribution >= 0.6 is 0 Å². The molecule has 0 saturated heterocycles. The molecule has 64 heavy (non-hydrogen) atoms. The van der Waals surface area contributed by atoms with E-state index in [1.165, 1.54) is 76.7 Å². The molecule has 0 saturated carbocycles. The fourth-order valence-corrected chi connectivity index (χ4v) is 9.97. The van der Waals surface area contributed by atoms with E-state index in [-0.39, 0.29) is 0 Å². The molecular weight excluding hydrogens is 773 g/mol. The van der Waals surface area contributed by atoms with Crippen molar-refractivity contribution in [2.75, 3.05) is 4.90 Å². The summed E-state index contributed by atoms with van der Waals surface area (Å²) in [6.07, 6.45) is 0. The van der Waals surface area contributed by atoms with Crippen molar-refractivity contribution >= 4 is 60.4 Å². The number of anilines is 3. The Hall–Kier alpha value is -8.46. The van der Waals surface area contributed by atoms with Crippen molar-refractivity contribution in [3.05, 3.63) is 255 Å². The number of hydrogen-bond donors (Lipinski definition) is 0. The number of aromatic nitrogens is 1. The first-order valence-electron chi connectivity index (χ1n) is 22.0. The molecule has 1 heterocycles. The zero-order valence-electron chi connectivity index (χ0n) is 35.1. The number of hydrogen-bond acceptors (Lipinski definition) is 1. The lowest BCUT2D eigenvalue weighted by atomic mass is 9.85. The fourth-order valence-electron chi connectivity index (χ4n) is 9.97. The third-order valence-electron chi connectivity index (χ3n) is 12.8. The minimum atomic E-state index is 1.08. The van der Waals surface area contributed by atoms with Gasteiger partial charge in [0.2, 0.25) is 0 Å². The molecule has 0 unspecified atom stereocenters. The summed E-state index contributed by atoms with van der Waals surface area (Å²) in [7, 11) is 0. The molecule has 0 bridgehead atoms. The highest BCUT2D eigenvalue weighted by molar-refractivity contribution is 6.22. The molecule has 1 aromatic heterocycles. The van der Waals surface area contributed by atoms with E-state index in [0.29, 0.717) is 0 Å². The maximum Gasteiger partial charge on any atom is 0.0619 e. The van der Waals surface area contributed by atoms with Gasteiger partial charge in [0.25, 0.3) is 0 Å². The molecule has 0 spiro atoms. The van der Waals surface area contributed by atoms with Crippen LogP contribution in [0.25, 0.3) is 93.5 Å². The minimum Gasteiger partial charge on any atom is -0.310 e. The van der Waals surface area contributed by atoms with Gasteiger partial charge < -0.3 is 9.47 Å². The quantitative estimate of drug-likeness (QED) is 0.139. The van der Waals surface area contributed by atoms with Crippen LogP contribution in [0.2, 0.25) is 0 Å². The van der Waals surface area contributed by atoms with Crippen LogP contribution in [-0.2, 0) is 0 Å². The highest BCUT2D eigenvalue weighted by atomic mass is 15.1. The van der Waals surface area contributed by atoms with E-state index in [1.54, 1.807) is 0 Å². The maximum absolute atomic E-state index is 2.44. The van der Waals surface area contributed by atoms with Gasteiger partial charge in [0.1, 0.15) is 0 Å². The molecule has 0 aliphatic heterocycles. The first-order valence-corrected chi connectivity index (χ1v) is 22.0. The Bertz CT molecular complexity index is 3630. The Morgan fingerprint density at radius 1 is 0.281 bits per heavy atom. The van der Waals surface area contributed by atoms with Crippen molar-refractivity contribution in [1.29, 1.82) is 0 Å². The van der Waals surface area contributed by atoms with E-state index in [1.807, 2.05) is 0 Å². The minimum absolute atomic E-state index is 1.08. The van der Waals surface area contributed by atoms with Crippen LogP contribution < -0.4 is 4.90 Å². The first-order chi connectivity index (χ1) is 31.8. The van der Waals surface area contributed by atoms with Gasteiger partial charge in [-0.1, -0.05) is 206 Å². The molecule has 2 nitrogen and oxygen atoms in total. The molecule has 300 valence electrons. The molecule has 0 N–H and O–H groups in total. The van der Waals surface area contributed by atoms with E-state index < -0.39 is 0 Å². The zero-order valence-corrected chi connectivity index (χ0v) is 35.1. The van der Waals surface area contributed by atoms with E-state index in [2.05, 4.69) is 264 Å². The monoisotopic (exact) mass is 814 g/mol. The van der Waals surface area contributed by atoms with Crippen LogP contribution in [-0.4, -0.2) is 4.57 Å². The lowest BCUT2D eigenvalue weighted by Crippen LogP contribution is -2.11.